The molecule has 0 amide bonds. The van der Waals surface area contributed by atoms with Gasteiger partial charge in [-0.25, -0.2) is 9.18 Å². The van der Waals surface area contributed by atoms with E-state index in [0.29, 0.717) is 5.69 Å². The van der Waals surface area contributed by atoms with Crippen LogP contribution in [0.1, 0.15) is 12.8 Å². The lowest BCUT2D eigenvalue weighted by Gasteiger charge is -2.24. The Labute approximate surface area is 119 Å². The summed E-state index contributed by atoms with van der Waals surface area (Å²) in [5.74, 6) is -2.77. The molecule has 0 bridgehead atoms. The number of nitrogens with two attached hydrogens (primary N) is 1. The number of aliphatic carboxylic acids is 2. The summed E-state index contributed by atoms with van der Waals surface area (Å²) in [6, 6.07) is 3.72. The molecule has 2 unspecified atom stereocenters. The van der Waals surface area contributed by atoms with Gasteiger partial charge in [-0.3, -0.25) is 9.80 Å². The highest BCUT2D eigenvalue weighted by Gasteiger charge is 2.33. The third-order valence-electron chi connectivity index (χ3n) is 3.18. The molecule has 7 nitrogen and oxygen atoms in total. The fourth-order valence-corrected chi connectivity index (χ4v) is 2.13. The van der Waals surface area contributed by atoms with E-state index in [-0.39, 0.29) is 18.6 Å². The first-order valence-corrected chi connectivity index (χ1v) is 6.22. The van der Waals surface area contributed by atoms with Gasteiger partial charge in [-0.2, -0.15) is 5.10 Å². The number of benzene rings is 1. The summed E-state index contributed by atoms with van der Waals surface area (Å²) in [6.45, 7) is 0. The number of hydrogen-bond acceptors (Lipinski definition) is 5. The van der Waals surface area contributed by atoms with Crippen LogP contribution in [0.2, 0.25) is 0 Å². The van der Waals surface area contributed by atoms with Crippen molar-refractivity contribution in [3.8, 4) is 0 Å². The molecule has 1 aromatic rings. The number of halogens is 1. The zero-order valence-corrected chi connectivity index (χ0v) is 10.9. The van der Waals surface area contributed by atoms with Gasteiger partial charge in [-0.1, -0.05) is 0 Å². The van der Waals surface area contributed by atoms with Gasteiger partial charge in [0.15, 0.2) is 0 Å². The summed E-state index contributed by atoms with van der Waals surface area (Å²) in [4.78, 5) is 21.9. The van der Waals surface area contributed by atoms with Crippen molar-refractivity contribution in [1.29, 1.82) is 0 Å². The Morgan fingerprint density at radius 1 is 1.38 bits per heavy atom. The third kappa shape index (κ3) is 3.34. The Morgan fingerprint density at radius 2 is 2.00 bits per heavy atom. The molecule has 0 saturated heterocycles. The SMILES string of the molecule is NC(CC1CC(C(=O)O)=NN1c1ccc(F)cc1)C(=O)O. The monoisotopic (exact) mass is 295 g/mol. The van der Waals surface area contributed by atoms with Crippen LogP contribution in [0.25, 0.3) is 0 Å². The van der Waals surface area contributed by atoms with Gasteiger partial charge in [0.25, 0.3) is 0 Å². The largest absolute Gasteiger partial charge is 0.480 e. The minimum atomic E-state index is -1.17. The van der Waals surface area contributed by atoms with Gasteiger partial charge in [-0.05, 0) is 30.7 Å². The molecule has 0 radical (unpaired) electrons. The predicted octanol–water partition coefficient (Wildman–Crippen LogP) is 0.647. The van der Waals surface area contributed by atoms with Crippen LogP contribution in [0.15, 0.2) is 29.4 Å². The van der Waals surface area contributed by atoms with E-state index in [9.17, 15) is 14.0 Å². The second-order valence-corrected chi connectivity index (χ2v) is 4.71. The van der Waals surface area contributed by atoms with Crippen molar-refractivity contribution in [2.45, 2.75) is 24.9 Å². The molecular weight excluding hydrogens is 281 g/mol. The molecule has 112 valence electrons. The maximum Gasteiger partial charge on any atom is 0.352 e. The van der Waals surface area contributed by atoms with Crippen LogP contribution in [-0.2, 0) is 9.59 Å². The lowest BCUT2D eigenvalue weighted by molar-refractivity contribution is -0.138. The Bertz CT molecular complexity index is 588. The molecule has 2 rings (SSSR count). The summed E-state index contributed by atoms with van der Waals surface area (Å²) in [5.41, 5.74) is 5.90. The smallest absolute Gasteiger partial charge is 0.352 e. The molecule has 0 aliphatic carbocycles. The molecule has 1 aliphatic rings. The van der Waals surface area contributed by atoms with Gasteiger partial charge in [0.2, 0.25) is 0 Å². The molecule has 21 heavy (non-hydrogen) atoms. The van der Waals surface area contributed by atoms with Gasteiger partial charge in [0.05, 0.1) is 11.7 Å². The summed E-state index contributed by atoms with van der Waals surface area (Å²) in [5, 5.41) is 23.2. The second kappa shape index (κ2) is 5.88. The molecule has 4 N–H and O–H groups in total. The highest BCUT2D eigenvalue weighted by atomic mass is 19.1. The van der Waals surface area contributed by atoms with E-state index < -0.39 is 29.8 Å². The van der Waals surface area contributed by atoms with Crippen molar-refractivity contribution in [3.63, 3.8) is 0 Å². The molecule has 2 atom stereocenters. The van der Waals surface area contributed by atoms with E-state index >= 15 is 0 Å². The maximum absolute atomic E-state index is 12.9. The van der Waals surface area contributed by atoms with Crippen LogP contribution in [-0.4, -0.2) is 39.9 Å². The minimum Gasteiger partial charge on any atom is -0.480 e. The van der Waals surface area contributed by atoms with Crippen molar-refractivity contribution >= 4 is 23.3 Å². The number of carboxylic acids is 2. The van der Waals surface area contributed by atoms with Crippen molar-refractivity contribution in [3.05, 3.63) is 30.1 Å². The van der Waals surface area contributed by atoms with E-state index in [2.05, 4.69) is 5.10 Å². The first kappa shape index (κ1) is 14.9. The van der Waals surface area contributed by atoms with Crippen LogP contribution >= 0.6 is 0 Å². The number of anilines is 1. The first-order chi connectivity index (χ1) is 9.88. The zero-order valence-electron chi connectivity index (χ0n) is 10.9. The Balaban J connectivity index is 2.25. The van der Waals surface area contributed by atoms with Crippen LogP contribution in [0.5, 0.6) is 0 Å². The van der Waals surface area contributed by atoms with Crippen LogP contribution < -0.4 is 10.7 Å². The summed E-state index contributed by atoms with van der Waals surface area (Å²) < 4.78 is 12.9. The van der Waals surface area contributed by atoms with Crippen molar-refractivity contribution in [2.75, 3.05) is 5.01 Å². The molecule has 0 aromatic heterocycles. The van der Waals surface area contributed by atoms with Gasteiger partial charge in [0.1, 0.15) is 17.6 Å². The molecule has 8 heteroatoms. The Kier molecular flexibility index (Phi) is 4.18. The minimum absolute atomic E-state index is 0.0347. The molecule has 0 fully saturated rings. The topological polar surface area (TPSA) is 116 Å². The van der Waals surface area contributed by atoms with Crippen LogP contribution in [0.3, 0.4) is 0 Å². The standard InChI is InChI=1S/C13H14FN3O4/c14-7-1-3-8(4-2-7)17-9(5-10(15)12(18)19)6-11(16-17)13(20)21/h1-4,9-10H,5-6,15H2,(H,18,19)(H,20,21). The Morgan fingerprint density at radius 3 is 2.52 bits per heavy atom. The fraction of sp³-hybridized carbons (Fsp3) is 0.308. The van der Waals surface area contributed by atoms with Gasteiger partial charge in [-0.15, -0.1) is 0 Å². The van der Waals surface area contributed by atoms with Gasteiger partial charge >= 0.3 is 11.9 Å². The van der Waals surface area contributed by atoms with E-state index in [1.165, 1.54) is 29.3 Å². The van der Waals surface area contributed by atoms with Crippen molar-refractivity contribution in [1.82, 2.24) is 0 Å². The molecule has 1 aliphatic heterocycles. The van der Waals surface area contributed by atoms with E-state index in [4.69, 9.17) is 15.9 Å². The highest BCUT2D eigenvalue weighted by Crippen LogP contribution is 2.27. The summed E-state index contributed by atoms with van der Waals surface area (Å²) >= 11 is 0. The van der Waals surface area contributed by atoms with E-state index in [1.54, 1.807) is 0 Å². The fourth-order valence-electron chi connectivity index (χ4n) is 2.13. The number of nitrogens with zero attached hydrogens (tertiary/aromatic N) is 2. The summed E-state index contributed by atoms with van der Waals surface area (Å²) in [6.07, 6.45) is 0.112. The van der Waals surface area contributed by atoms with Gasteiger partial charge in [0, 0.05) is 6.42 Å². The van der Waals surface area contributed by atoms with E-state index in [0.717, 1.165) is 0 Å². The van der Waals surface area contributed by atoms with Crippen molar-refractivity contribution < 1.29 is 24.2 Å². The van der Waals surface area contributed by atoms with Gasteiger partial charge < -0.3 is 15.9 Å². The zero-order chi connectivity index (χ0) is 15.6. The average molecular weight is 295 g/mol. The lowest BCUT2D eigenvalue weighted by atomic mass is 10.0. The number of hydrogen-bond donors (Lipinski definition) is 3. The number of carboxylic acid groups (broad SMARTS) is 2. The molecule has 1 aromatic carbocycles. The Hall–Kier alpha value is -2.48. The molecule has 0 saturated carbocycles. The normalized spacial score (nSPS) is 19.2. The van der Waals surface area contributed by atoms with Crippen LogP contribution in [0.4, 0.5) is 10.1 Å². The maximum atomic E-state index is 12.9. The molecule has 1 heterocycles. The first-order valence-electron chi connectivity index (χ1n) is 6.22. The predicted molar refractivity (Wildman–Crippen MR) is 72.6 cm³/mol. The molecular formula is C13H14FN3O4. The third-order valence-corrected chi connectivity index (χ3v) is 3.18. The number of hydrazone groups is 1. The molecule has 0 spiro atoms. The highest BCUT2D eigenvalue weighted by molar-refractivity contribution is 6.36. The van der Waals surface area contributed by atoms with Crippen LogP contribution in [0, 0.1) is 5.82 Å². The summed E-state index contributed by atoms with van der Waals surface area (Å²) in [7, 11) is 0. The number of carbonyl (C=O) groups is 2. The van der Waals surface area contributed by atoms with E-state index in [1.807, 2.05) is 0 Å². The lowest BCUT2D eigenvalue weighted by Crippen LogP contribution is -2.38. The van der Waals surface area contributed by atoms with Crippen molar-refractivity contribution in [2.24, 2.45) is 10.8 Å². The average Bonchev–Trinajstić information content (AvgIpc) is 2.83. The second-order valence-electron chi connectivity index (χ2n) is 4.71. The quantitative estimate of drug-likeness (QED) is 0.734. The number of rotatable bonds is 5.